The molecule has 1 rings (SSSR count). The zero-order chi connectivity index (χ0) is 15.3. The van der Waals surface area contributed by atoms with Crippen molar-refractivity contribution in [3.05, 3.63) is 23.8 Å². The van der Waals surface area contributed by atoms with E-state index in [1.165, 1.54) is 16.4 Å². The first-order valence-corrected chi connectivity index (χ1v) is 7.90. The van der Waals surface area contributed by atoms with Crippen molar-refractivity contribution >= 4 is 21.7 Å². The number of benzene rings is 1. The molecule has 0 heterocycles. The van der Waals surface area contributed by atoms with E-state index >= 15 is 0 Å². The van der Waals surface area contributed by atoms with E-state index in [2.05, 4.69) is 0 Å². The third kappa shape index (κ3) is 4.12. The predicted molar refractivity (Wildman–Crippen MR) is 76.5 cm³/mol. The van der Waals surface area contributed by atoms with Crippen LogP contribution in [0, 0.1) is 6.92 Å². The standard InChI is InChI=1S/C13H19NO5S/c1-3-14(12-9-11(15)7-6-10(12)2)20(18,19)8-4-5-13(16)17/h6-7,9,15H,3-5,8H2,1-2H3,(H,16,17). The van der Waals surface area contributed by atoms with E-state index in [4.69, 9.17) is 5.11 Å². The van der Waals surface area contributed by atoms with E-state index in [9.17, 15) is 18.3 Å². The van der Waals surface area contributed by atoms with E-state index in [-0.39, 0.29) is 30.9 Å². The number of rotatable bonds is 7. The number of anilines is 1. The summed E-state index contributed by atoms with van der Waals surface area (Å²) in [6.45, 7) is 3.67. The Labute approximate surface area is 118 Å². The van der Waals surface area contributed by atoms with Crippen molar-refractivity contribution in [2.24, 2.45) is 0 Å². The molecule has 7 heteroatoms. The van der Waals surface area contributed by atoms with Crippen LogP contribution in [-0.4, -0.2) is 36.9 Å². The van der Waals surface area contributed by atoms with E-state index < -0.39 is 16.0 Å². The molecule has 0 aliphatic heterocycles. The summed E-state index contributed by atoms with van der Waals surface area (Å²) in [5.74, 6) is -1.26. The third-order valence-corrected chi connectivity index (χ3v) is 4.81. The molecule has 0 fully saturated rings. The summed E-state index contributed by atoms with van der Waals surface area (Å²) in [6.07, 6.45) is -0.123. The number of carbonyl (C=O) groups is 1. The number of phenolic OH excluding ortho intramolecular Hbond substituents is 1. The predicted octanol–water partition coefficient (Wildman–Crippen LogP) is 1.72. The molecule has 0 radical (unpaired) electrons. The lowest BCUT2D eigenvalue weighted by atomic mass is 10.2. The summed E-state index contributed by atoms with van der Waals surface area (Å²) in [6, 6.07) is 4.53. The Balaban J connectivity index is 2.99. The van der Waals surface area contributed by atoms with E-state index in [0.717, 1.165) is 5.56 Å². The van der Waals surface area contributed by atoms with Gasteiger partial charge in [-0.3, -0.25) is 9.10 Å². The van der Waals surface area contributed by atoms with Crippen molar-refractivity contribution < 1.29 is 23.4 Å². The van der Waals surface area contributed by atoms with Crippen LogP contribution >= 0.6 is 0 Å². The van der Waals surface area contributed by atoms with Crippen molar-refractivity contribution in [3.8, 4) is 5.75 Å². The Bertz CT molecular complexity index is 582. The van der Waals surface area contributed by atoms with Gasteiger partial charge in [-0.15, -0.1) is 0 Å². The van der Waals surface area contributed by atoms with Gasteiger partial charge in [0.15, 0.2) is 0 Å². The summed E-state index contributed by atoms with van der Waals surface area (Å²) in [5.41, 5.74) is 1.15. The molecular weight excluding hydrogens is 282 g/mol. The number of hydrogen-bond acceptors (Lipinski definition) is 4. The second kappa shape index (κ2) is 6.60. The summed E-state index contributed by atoms with van der Waals surface area (Å²) in [5, 5.41) is 18.1. The second-order valence-electron chi connectivity index (χ2n) is 4.45. The minimum absolute atomic E-state index is 0.00946. The van der Waals surface area contributed by atoms with Crippen LogP contribution in [0.15, 0.2) is 18.2 Å². The maximum Gasteiger partial charge on any atom is 0.303 e. The van der Waals surface area contributed by atoms with Crippen LogP contribution in [0.3, 0.4) is 0 Å². The lowest BCUT2D eigenvalue weighted by Crippen LogP contribution is -2.33. The molecule has 0 aliphatic carbocycles. The molecule has 20 heavy (non-hydrogen) atoms. The zero-order valence-electron chi connectivity index (χ0n) is 11.5. The molecule has 6 nitrogen and oxygen atoms in total. The molecule has 0 saturated heterocycles. The Morgan fingerprint density at radius 2 is 2.00 bits per heavy atom. The van der Waals surface area contributed by atoms with Crippen LogP contribution in [0.5, 0.6) is 5.75 Å². The largest absolute Gasteiger partial charge is 0.508 e. The van der Waals surface area contributed by atoms with Crippen molar-refractivity contribution in [1.29, 1.82) is 0 Å². The molecule has 0 amide bonds. The van der Waals surface area contributed by atoms with Gasteiger partial charge in [-0.1, -0.05) is 6.07 Å². The maximum absolute atomic E-state index is 12.3. The number of hydrogen-bond donors (Lipinski definition) is 2. The van der Waals surface area contributed by atoms with Crippen LogP contribution in [0.4, 0.5) is 5.69 Å². The molecule has 0 atom stereocenters. The third-order valence-electron chi connectivity index (χ3n) is 2.88. The summed E-state index contributed by atoms with van der Waals surface area (Å²) in [4.78, 5) is 10.5. The average molecular weight is 301 g/mol. The van der Waals surface area contributed by atoms with Crippen LogP contribution in [-0.2, 0) is 14.8 Å². The molecule has 0 saturated carbocycles. The van der Waals surface area contributed by atoms with Gasteiger partial charge < -0.3 is 10.2 Å². The number of aromatic hydroxyl groups is 1. The van der Waals surface area contributed by atoms with Gasteiger partial charge in [0, 0.05) is 19.0 Å². The highest BCUT2D eigenvalue weighted by atomic mass is 32.2. The molecule has 0 spiro atoms. The Morgan fingerprint density at radius 3 is 2.55 bits per heavy atom. The highest BCUT2D eigenvalue weighted by Gasteiger charge is 2.22. The van der Waals surface area contributed by atoms with Gasteiger partial charge >= 0.3 is 5.97 Å². The van der Waals surface area contributed by atoms with Crippen LogP contribution in [0.1, 0.15) is 25.3 Å². The van der Waals surface area contributed by atoms with Gasteiger partial charge in [-0.2, -0.15) is 0 Å². The fourth-order valence-electron chi connectivity index (χ4n) is 1.90. The molecule has 0 unspecified atom stereocenters. The van der Waals surface area contributed by atoms with Crippen LogP contribution in [0.2, 0.25) is 0 Å². The molecule has 112 valence electrons. The number of nitrogens with zero attached hydrogens (tertiary/aromatic N) is 1. The Hall–Kier alpha value is -1.76. The average Bonchev–Trinajstić information content (AvgIpc) is 2.33. The van der Waals surface area contributed by atoms with Gasteiger partial charge in [0.2, 0.25) is 10.0 Å². The fourth-order valence-corrected chi connectivity index (χ4v) is 3.52. The minimum atomic E-state index is -3.60. The first-order chi connectivity index (χ1) is 9.27. The fraction of sp³-hybridized carbons (Fsp3) is 0.462. The van der Waals surface area contributed by atoms with Gasteiger partial charge in [0.05, 0.1) is 11.4 Å². The molecule has 0 aliphatic rings. The van der Waals surface area contributed by atoms with E-state index in [0.29, 0.717) is 5.69 Å². The van der Waals surface area contributed by atoms with Crippen molar-refractivity contribution in [1.82, 2.24) is 0 Å². The lowest BCUT2D eigenvalue weighted by molar-refractivity contribution is -0.137. The SMILES string of the molecule is CCN(c1cc(O)ccc1C)S(=O)(=O)CCCC(=O)O. The van der Waals surface area contributed by atoms with Crippen molar-refractivity contribution in [2.45, 2.75) is 26.7 Å². The lowest BCUT2D eigenvalue weighted by Gasteiger charge is -2.24. The van der Waals surface area contributed by atoms with E-state index in [1.54, 1.807) is 19.9 Å². The van der Waals surface area contributed by atoms with Crippen LogP contribution < -0.4 is 4.31 Å². The topological polar surface area (TPSA) is 94.9 Å². The van der Waals surface area contributed by atoms with Gasteiger partial charge in [-0.25, -0.2) is 8.42 Å². The molecule has 1 aromatic rings. The number of aryl methyl sites for hydroxylation is 1. The number of sulfonamides is 1. The highest BCUT2D eigenvalue weighted by molar-refractivity contribution is 7.92. The van der Waals surface area contributed by atoms with Crippen molar-refractivity contribution in [3.63, 3.8) is 0 Å². The molecule has 1 aromatic carbocycles. The normalized spacial score (nSPS) is 11.3. The summed E-state index contributed by atoms with van der Waals surface area (Å²) >= 11 is 0. The molecule has 0 aromatic heterocycles. The van der Waals surface area contributed by atoms with Crippen molar-refractivity contribution in [2.75, 3.05) is 16.6 Å². The molecule has 2 N–H and O–H groups in total. The number of phenols is 1. The zero-order valence-corrected chi connectivity index (χ0v) is 12.4. The minimum Gasteiger partial charge on any atom is -0.508 e. The Morgan fingerprint density at radius 1 is 1.35 bits per heavy atom. The molecule has 0 bridgehead atoms. The number of carboxylic acids is 1. The highest BCUT2D eigenvalue weighted by Crippen LogP contribution is 2.27. The number of carboxylic acid groups (broad SMARTS) is 1. The van der Waals surface area contributed by atoms with Gasteiger partial charge in [0.1, 0.15) is 5.75 Å². The van der Waals surface area contributed by atoms with Crippen LogP contribution in [0.25, 0.3) is 0 Å². The first kappa shape index (κ1) is 16.3. The van der Waals surface area contributed by atoms with Gasteiger partial charge in [0.25, 0.3) is 0 Å². The van der Waals surface area contributed by atoms with Gasteiger partial charge in [-0.05, 0) is 31.9 Å². The smallest absolute Gasteiger partial charge is 0.303 e. The monoisotopic (exact) mass is 301 g/mol. The number of aliphatic carboxylic acids is 1. The molecular formula is C13H19NO5S. The second-order valence-corrected chi connectivity index (χ2v) is 6.46. The summed E-state index contributed by atoms with van der Waals surface area (Å²) < 4.78 is 25.7. The van der Waals surface area contributed by atoms with E-state index in [1.807, 2.05) is 0 Å². The first-order valence-electron chi connectivity index (χ1n) is 6.29. The maximum atomic E-state index is 12.3. The quantitative estimate of drug-likeness (QED) is 0.799. The summed E-state index contributed by atoms with van der Waals surface area (Å²) in [7, 11) is -3.60. The Kier molecular flexibility index (Phi) is 5.38.